The van der Waals surface area contributed by atoms with Crippen molar-refractivity contribution in [2.24, 2.45) is 5.41 Å². The molecule has 26 heavy (non-hydrogen) atoms. The fourth-order valence-electron chi connectivity index (χ4n) is 4.16. The fourth-order valence-corrected chi connectivity index (χ4v) is 4.16. The van der Waals surface area contributed by atoms with E-state index >= 15 is 0 Å². The second-order valence-electron chi connectivity index (χ2n) is 7.73. The largest absolute Gasteiger partial charge is 0.383 e. The molecule has 0 aliphatic carbocycles. The fraction of sp³-hybridized carbons (Fsp3) is 0.737. The van der Waals surface area contributed by atoms with Crippen LogP contribution in [0.3, 0.4) is 0 Å². The number of amides is 2. The third kappa shape index (κ3) is 4.26. The zero-order chi connectivity index (χ0) is 18.6. The van der Waals surface area contributed by atoms with Crippen molar-refractivity contribution in [1.29, 1.82) is 0 Å². The number of aromatic nitrogens is 2. The summed E-state index contributed by atoms with van der Waals surface area (Å²) < 4.78 is 6.97. The van der Waals surface area contributed by atoms with Gasteiger partial charge >= 0.3 is 0 Å². The van der Waals surface area contributed by atoms with E-state index in [9.17, 15) is 9.59 Å². The van der Waals surface area contributed by atoms with Crippen LogP contribution in [0.15, 0.2) is 18.5 Å². The smallest absolute Gasteiger partial charge is 0.224 e. The Hall–Kier alpha value is -1.89. The van der Waals surface area contributed by atoms with Gasteiger partial charge in [0.15, 0.2) is 0 Å². The first kappa shape index (κ1) is 18.9. The SMILES string of the molecule is COCCN1CC2(CCC1=O)CCN(C(=O)C[C@H](C)n1cccn1)CC2. The predicted molar refractivity (Wildman–Crippen MR) is 97.5 cm³/mol. The van der Waals surface area contributed by atoms with Crippen LogP contribution >= 0.6 is 0 Å². The molecule has 7 heteroatoms. The summed E-state index contributed by atoms with van der Waals surface area (Å²) in [5, 5.41) is 4.22. The normalized spacial score (nSPS) is 21.2. The lowest BCUT2D eigenvalue weighted by Crippen LogP contribution is -2.53. The lowest BCUT2D eigenvalue weighted by atomic mass is 9.72. The van der Waals surface area contributed by atoms with Crippen molar-refractivity contribution in [3.63, 3.8) is 0 Å². The molecule has 0 aromatic carbocycles. The summed E-state index contributed by atoms with van der Waals surface area (Å²) in [5.74, 6) is 0.435. The molecule has 3 heterocycles. The summed E-state index contributed by atoms with van der Waals surface area (Å²) >= 11 is 0. The first-order valence-electron chi connectivity index (χ1n) is 9.57. The highest BCUT2D eigenvalue weighted by Crippen LogP contribution is 2.40. The molecule has 7 nitrogen and oxygen atoms in total. The molecule has 1 spiro atoms. The minimum absolute atomic E-state index is 0.0743. The van der Waals surface area contributed by atoms with Crippen molar-refractivity contribution in [2.45, 2.75) is 45.1 Å². The third-order valence-corrected chi connectivity index (χ3v) is 5.94. The van der Waals surface area contributed by atoms with E-state index in [-0.39, 0.29) is 23.3 Å². The lowest BCUT2D eigenvalue weighted by molar-refractivity contribution is -0.143. The number of rotatable bonds is 6. The average molecular weight is 362 g/mol. The van der Waals surface area contributed by atoms with Crippen molar-refractivity contribution in [3.05, 3.63) is 18.5 Å². The average Bonchev–Trinajstić information content (AvgIpc) is 3.18. The van der Waals surface area contributed by atoms with Gasteiger partial charge in [0.2, 0.25) is 11.8 Å². The summed E-state index contributed by atoms with van der Waals surface area (Å²) in [6, 6.07) is 1.95. The molecule has 0 N–H and O–H groups in total. The highest BCUT2D eigenvalue weighted by atomic mass is 16.5. The third-order valence-electron chi connectivity index (χ3n) is 5.94. The van der Waals surface area contributed by atoms with Gasteiger partial charge < -0.3 is 14.5 Å². The van der Waals surface area contributed by atoms with Gasteiger partial charge in [0.05, 0.1) is 12.6 Å². The van der Waals surface area contributed by atoms with Crippen LogP contribution in [0.25, 0.3) is 0 Å². The Morgan fingerprint density at radius 2 is 2.12 bits per heavy atom. The van der Waals surface area contributed by atoms with E-state index < -0.39 is 0 Å². The Balaban J connectivity index is 1.51. The molecule has 0 saturated carbocycles. The molecule has 0 bridgehead atoms. The van der Waals surface area contributed by atoms with E-state index in [1.165, 1.54) is 0 Å². The van der Waals surface area contributed by atoms with Gasteiger partial charge in [-0.25, -0.2) is 0 Å². The molecule has 0 unspecified atom stereocenters. The minimum Gasteiger partial charge on any atom is -0.383 e. The van der Waals surface area contributed by atoms with Crippen LogP contribution in [0, 0.1) is 5.41 Å². The van der Waals surface area contributed by atoms with Crippen LogP contribution in [0.2, 0.25) is 0 Å². The number of piperidine rings is 2. The maximum absolute atomic E-state index is 12.6. The molecule has 1 aromatic rings. The Labute approximate surface area is 155 Å². The van der Waals surface area contributed by atoms with Gasteiger partial charge in [0.25, 0.3) is 0 Å². The number of hydrogen-bond donors (Lipinski definition) is 0. The van der Waals surface area contributed by atoms with Gasteiger partial charge in [0.1, 0.15) is 0 Å². The maximum atomic E-state index is 12.6. The highest BCUT2D eigenvalue weighted by Gasteiger charge is 2.41. The van der Waals surface area contributed by atoms with Crippen molar-refractivity contribution in [2.75, 3.05) is 39.9 Å². The van der Waals surface area contributed by atoms with E-state index in [4.69, 9.17) is 4.74 Å². The van der Waals surface area contributed by atoms with E-state index in [0.29, 0.717) is 26.0 Å². The summed E-state index contributed by atoms with van der Waals surface area (Å²) in [6.45, 7) is 5.66. The van der Waals surface area contributed by atoms with Crippen LogP contribution in [-0.4, -0.2) is 71.3 Å². The van der Waals surface area contributed by atoms with Crippen LogP contribution in [0.1, 0.15) is 45.1 Å². The van der Waals surface area contributed by atoms with Crippen molar-refractivity contribution < 1.29 is 14.3 Å². The molecule has 1 atom stereocenters. The summed E-state index contributed by atoms with van der Waals surface area (Å²) in [5.41, 5.74) is 0.173. The van der Waals surface area contributed by atoms with Crippen LogP contribution in [0.4, 0.5) is 0 Å². The number of nitrogens with zero attached hydrogens (tertiary/aromatic N) is 4. The van der Waals surface area contributed by atoms with Gasteiger partial charge in [0, 0.05) is 58.5 Å². The minimum atomic E-state index is 0.0743. The van der Waals surface area contributed by atoms with E-state index in [2.05, 4.69) is 5.10 Å². The zero-order valence-corrected chi connectivity index (χ0v) is 15.9. The predicted octanol–water partition coefficient (Wildman–Crippen LogP) is 1.71. The first-order chi connectivity index (χ1) is 12.5. The first-order valence-corrected chi connectivity index (χ1v) is 9.57. The van der Waals surface area contributed by atoms with Crippen LogP contribution in [-0.2, 0) is 14.3 Å². The number of carbonyl (C=O) groups is 2. The number of hydrogen-bond acceptors (Lipinski definition) is 4. The standard InChI is InChI=1S/C19H30N4O3/c1-16(23-9-3-8-20-23)14-18(25)21-10-6-19(7-11-21)5-4-17(24)22(15-19)12-13-26-2/h3,8-9,16H,4-7,10-15H2,1-2H3/t16-/m0/s1. The van der Waals surface area contributed by atoms with Gasteiger partial charge in [-0.15, -0.1) is 0 Å². The quantitative estimate of drug-likeness (QED) is 0.773. The monoisotopic (exact) mass is 362 g/mol. The second kappa shape index (κ2) is 8.20. The van der Waals surface area contributed by atoms with Gasteiger partial charge in [-0.3, -0.25) is 14.3 Å². The summed E-state index contributed by atoms with van der Waals surface area (Å²) in [6.07, 6.45) is 7.64. The second-order valence-corrected chi connectivity index (χ2v) is 7.73. The van der Waals surface area contributed by atoms with Crippen LogP contribution < -0.4 is 0 Å². The molecule has 2 amide bonds. The molecule has 1 aromatic heterocycles. The van der Waals surface area contributed by atoms with Gasteiger partial charge in [-0.05, 0) is 37.7 Å². The maximum Gasteiger partial charge on any atom is 0.224 e. The molecule has 2 aliphatic rings. The highest BCUT2D eigenvalue weighted by molar-refractivity contribution is 5.78. The van der Waals surface area contributed by atoms with Crippen molar-refractivity contribution >= 4 is 11.8 Å². The summed E-state index contributed by atoms with van der Waals surface area (Å²) in [4.78, 5) is 28.7. The Kier molecular flexibility index (Phi) is 5.96. The Morgan fingerprint density at radius 3 is 2.77 bits per heavy atom. The topological polar surface area (TPSA) is 67.7 Å². The van der Waals surface area contributed by atoms with E-state index in [1.807, 2.05) is 33.7 Å². The zero-order valence-electron chi connectivity index (χ0n) is 15.9. The lowest BCUT2D eigenvalue weighted by Gasteiger charge is -2.47. The van der Waals surface area contributed by atoms with Gasteiger partial charge in [-0.2, -0.15) is 5.10 Å². The van der Waals surface area contributed by atoms with Crippen molar-refractivity contribution in [3.8, 4) is 0 Å². The number of ether oxygens (including phenoxy) is 1. The molecular weight excluding hydrogens is 332 g/mol. The van der Waals surface area contributed by atoms with E-state index in [1.54, 1.807) is 13.3 Å². The number of methoxy groups -OCH3 is 1. The van der Waals surface area contributed by atoms with Gasteiger partial charge in [-0.1, -0.05) is 0 Å². The van der Waals surface area contributed by atoms with Crippen LogP contribution in [0.5, 0.6) is 0 Å². The Morgan fingerprint density at radius 1 is 1.35 bits per heavy atom. The molecule has 2 fully saturated rings. The molecule has 2 aliphatic heterocycles. The van der Waals surface area contributed by atoms with E-state index in [0.717, 1.165) is 38.9 Å². The molecule has 3 rings (SSSR count). The van der Waals surface area contributed by atoms with Crippen molar-refractivity contribution in [1.82, 2.24) is 19.6 Å². The molecule has 0 radical (unpaired) electrons. The number of likely N-dealkylation sites (tertiary alicyclic amines) is 2. The molecular formula is C19H30N4O3. The Bertz CT molecular complexity index is 608. The molecule has 144 valence electrons. The molecule has 2 saturated heterocycles. The number of carbonyl (C=O) groups excluding carboxylic acids is 2. The summed E-state index contributed by atoms with van der Waals surface area (Å²) in [7, 11) is 1.67.